The van der Waals surface area contributed by atoms with Crippen LogP contribution in [0, 0.1) is 38.5 Å². The van der Waals surface area contributed by atoms with E-state index in [0.29, 0.717) is 0 Å². The van der Waals surface area contributed by atoms with Crippen LogP contribution in [0.25, 0.3) is 72.6 Å². The molecule has 0 saturated heterocycles. The summed E-state index contributed by atoms with van der Waals surface area (Å²) in [6.45, 7) is 20.6. The first-order valence-corrected chi connectivity index (χ1v) is 24.4. The molecule has 6 heteroatoms. The van der Waals surface area contributed by atoms with E-state index in [-0.39, 0.29) is 25.5 Å². The van der Waals surface area contributed by atoms with Gasteiger partial charge in [-0.2, -0.15) is 0 Å². The second-order valence-corrected chi connectivity index (χ2v) is 23.2. The van der Waals surface area contributed by atoms with Gasteiger partial charge in [0, 0.05) is 43.8 Å². The summed E-state index contributed by atoms with van der Waals surface area (Å²) < 4.78 is 8.27. The molecule has 0 aliphatic rings. The van der Waals surface area contributed by atoms with E-state index in [1.165, 1.54) is 44.1 Å². The molecule has 0 atom stereocenters. The number of furan rings is 1. The smallest absolute Gasteiger partial charge is 0.0798 e. The predicted octanol–water partition coefficient (Wildman–Crippen LogP) is 14.2. The van der Waals surface area contributed by atoms with Gasteiger partial charge in [-0.05, 0) is 107 Å². The average Bonchev–Trinajstić information content (AvgIpc) is 3.82. The zero-order chi connectivity index (χ0) is 42.2. The normalized spacial score (nSPS) is 11.6. The number of aromatic nitrogens is 3. The molecule has 0 saturated carbocycles. The monoisotopic (exact) mass is 992 g/mol. The summed E-state index contributed by atoms with van der Waals surface area (Å²) in [5.74, 6) is 0.821. The number of nitrogens with zero attached hydrogens (tertiary/aromatic N) is 3. The first-order valence-electron chi connectivity index (χ1n) is 20.9. The Hall–Kier alpha value is -5.65. The number of hydrogen-bond acceptors (Lipinski definition) is 3. The largest absolute Gasteiger partial charge is 0.557 e. The van der Waals surface area contributed by atoms with Gasteiger partial charge in [-0.25, -0.2) is 0 Å². The molecule has 0 fully saturated rings. The third-order valence-electron chi connectivity index (χ3n) is 11.1. The molecule has 0 N–H and O–H groups in total. The van der Waals surface area contributed by atoms with E-state index in [1.54, 1.807) is 0 Å². The summed E-state index contributed by atoms with van der Waals surface area (Å²) in [6, 6.07) is 51.9. The Morgan fingerprint density at radius 3 is 2.11 bits per heavy atom. The molecular formula is C55H53IrN3OSi-2. The number of fused-ring (bicyclic) bond motifs is 2. The first-order chi connectivity index (χ1) is 28.7. The fourth-order valence-electron chi connectivity index (χ4n) is 8.34. The van der Waals surface area contributed by atoms with Crippen molar-refractivity contribution in [3.05, 3.63) is 180 Å². The van der Waals surface area contributed by atoms with Gasteiger partial charge < -0.3 is 14.0 Å². The van der Waals surface area contributed by atoms with Crippen LogP contribution in [0.15, 0.2) is 150 Å². The molecule has 61 heavy (non-hydrogen) atoms. The molecule has 9 rings (SSSR count). The maximum atomic E-state index is 6.05. The van der Waals surface area contributed by atoms with Crippen molar-refractivity contribution >= 4 is 35.3 Å². The van der Waals surface area contributed by atoms with Gasteiger partial charge in [0.2, 0.25) is 0 Å². The Morgan fingerprint density at radius 1 is 0.705 bits per heavy atom. The fraction of sp³-hybridized carbons (Fsp3) is 0.200. The number of rotatable bonds is 7. The Labute approximate surface area is 376 Å². The van der Waals surface area contributed by atoms with Crippen LogP contribution in [-0.2, 0) is 26.5 Å². The van der Waals surface area contributed by atoms with E-state index >= 15 is 0 Å². The Kier molecular flexibility index (Phi) is 12.6. The molecule has 0 aliphatic heterocycles. The Balaban J connectivity index is 0.000000217. The minimum absolute atomic E-state index is 0. The molecule has 3 aromatic heterocycles. The molecule has 309 valence electrons. The van der Waals surface area contributed by atoms with Gasteiger partial charge >= 0.3 is 0 Å². The van der Waals surface area contributed by atoms with Gasteiger partial charge in [0.05, 0.1) is 24.9 Å². The van der Waals surface area contributed by atoms with Gasteiger partial charge in [0.1, 0.15) is 0 Å². The van der Waals surface area contributed by atoms with Crippen LogP contribution in [0.5, 0.6) is 0 Å². The summed E-state index contributed by atoms with van der Waals surface area (Å²) in [5.41, 5.74) is 17.1. The minimum Gasteiger partial charge on any atom is -0.557 e. The van der Waals surface area contributed by atoms with Crippen LogP contribution in [0.4, 0.5) is 0 Å². The van der Waals surface area contributed by atoms with Gasteiger partial charge in [-0.3, -0.25) is 4.98 Å². The van der Waals surface area contributed by atoms with Gasteiger partial charge in [0.15, 0.2) is 0 Å². The number of aryl methyl sites for hydroxylation is 3. The third-order valence-corrected chi connectivity index (χ3v) is 13.2. The van der Waals surface area contributed by atoms with E-state index in [4.69, 9.17) is 14.4 Å². The van der Waals surface area contributed by atoms with Crippen molar-refractivity contribution in [3.8, 4) is 50.6 Å². The first kappa shape index (κ1) is 43.4. The quantitative estimate of drug-likeness (QED) is 0.118. The minimum atomic E-state index is -1.37. The van der Waals surface area contributed by atoms with Crippen LogP contribution in [0.3, 0.4) is 0 Å². The molecule has 4 nitrogen and oxygen atoms in total. The topological polar surface area (TPSA) is 43.9 Å². The van der Waals surface area contributed by atoms with Crippen molar-refractivity contribution in [1.29, 1.82) is 0 Å². The molecule has 9 aromatic rings. The van der Waals surface area contributed by atoms with Crippen molar-refractivity contribution < 1.29 is 24.5 Å². The molecule has 6 aromatic carbocycles. The van der Waals surface area contributed by atoms with Crippen molar-refractivity contribution in [2.24, 2.45) is 5.41 Å². The molecule has 0 aliphatic carbocycles. The summed E-state index contributed by atoms with van der Waals surface area (Å²) in [7, 11) is -1.37. The van der Waals surface area contributed by atoms with E-state index < -0.39 is 8.07 Å². The number of imidazole rings is 1. The maximum absolute atomic E-state index is 6.05. The molecule has 1 radical (unpaired) electrons. The third kappa shape index (κ3) is 9.33. The number of hydrogen-bond donors (Lipinski definition) is 0. The van der Waals surface area contributed by atoms with Crippen LogP contribution in [-0.4, -0.2) is 22.6 Å². The molecule has 0 amide bonds. The summed E-state index contributed by atoms with van der Waals surface area (Å²) in [6.07, 6.45) is 6.41. The predicted molar refractivity (Wildman–Crippen MR) is 255 cm³/mol. The van der Waals surface area contributed by atoms with E-state index in [2.05, 4.69) is 193 Å². The summed E-state index contributed by atoms with van der Waals surface area (Å²) >= 11 is 0. The number of para-hydroxylation sites is 2. The summed E-state index contributed by atoms with van der Waals surface area (Å²) in [4.78, 5) is 9.78. The van der Waals surface area contributed by atoms with Gasteiger partial charge in [0.25, 0.3) is 0 Å². The number of benzene rings is 6. The van der Waals surface area contributed by atoms with Crippen LogP contribution < -0.4 is 5.19 Å². The number of pyridine rings is 1. The molecular weight excluding hydrogens is 939 g/mol. The van der Waals surface area contributed by atoms with E-state index in [9.17, 15) is 0 Å². The molecule has 0 unspecified atom stereocenters. The SMILES string of the molecule is CC(C)(C)Cc1cc(-c2[c-]cccc2)ncc1[Si](C)(C)C.Cc1cc(-n2c(-c3[c-]oc4cc(-c5c(C)cccc5C)ccc34)nc3ccccc32)ccc1-c1ccccc1.[Ir]. The second kappa shape index (κ2) is 17.7. The van der Waals surface area contributed by atoms with E-state index in [0.717, 1.165) is 62.3 Å². The summed E-state index contributed by atoms with van der Waals surface area (Å²) in [5, 5.41) is 2.48. The zero-order valence-corrected chi connectivity index (χ0v) is 40.0. The molecule has 0 spiro atoms. The van der Waals surface area contributed by atoms with E-state index in [1.807, 2.05) is 30.3 Å². The zero-order valence-electron chi connectivity index (χ0n) is 36.6. The van der Waals surface area contributed by atoms with Crippen LogP contribution in [0.1, 0.15) is 43.0 Å². The second-order valence-electron chi connectivity index (χ2n) is 18.2. The van der Waals surface area contributed by atoms with Crippen molar-refractivity contribution in [1.82, 2.24) is 14.5 Å². The fourth-order valence-corrected chi connectivity index (χ4v) is 9.91. The molecule has 0 bridgehead atoms. The van der Waals surface area contributed by atoms with Crippen LogP contribution >= 0.6 is 0 Å². The van der Waals surface area contributed by atoms with Crippen molar-refractivity contribution in [2.75, 3.05) is 0 Å². The van der Waals surface area contributed by atoms with Gasteiger partial charge in [-0.15, -0.1) is 42.0 Å². The van der Waals surface area contributed by atoms with Crippen LogP contribution in [0.2, 0.25) is 19.6 Å². The van der Waals surface area contributed by atoms with Gasteiger partial charge in [-0.1, -0.05) is 142 Å². The molecule has 3 heterocycles. The van der Waals surface area contributed by atoms with Crippen molar-refractivity contribution in [2.45, 2.75) is 67.6 Å². The average molecular weight is 992 g/mol. The maximum Gasteiger partial charge on any atom is 0.0798 e. The Morgan fingerprint density at radius 2 is 1.43 bits per heavy atom. The standard InChI is InChI=1S/C36H27N2O.C19H26NSi.Ir/c1-23-10-9-11-24(2)35(23)27-16-18-30-31(22-39-34(30)21-27)36-37-32-14-7-8-15-33(32)38(36)28-17-19-29(25(3)20-28)26-12-5-4-6-13-26;1-19(2,3)13-16-12-17(15-10-8-7-9-11-15)20-14-18(16)21(4,5)6;/h4-21H,1-3H3;7-10,12,14H,13H2,1-6H3;/q2*-1;. The Bertz CT molecular complexity index is 2930. The van der Waals surface area contributed by atoms with Crippen molar-refractivity contribution in [3.63, 3.8) is 0 Å².